The molecule has 0 saturated carbocycles. The number of carbonyl (C=O) groups excluding carboxylic acids is 2. The number of hydrogen-bond donors (Lipinski definition) is 0. The molecule has 2 aliphatic heterocycles. The third-order valence-electron chi connectivity index (χ3n) is 11.4. The van der Waals surface area contributed by atoms with E-state index in [1.165, 1.54) is 4.80 Å². The number of amides is 2. The molecule has 60 heavy (non-hydrogen) atoms. The molecule has 0 bridgehead atoms. The average molecular weight is 826 g/mol. The highest BCUT2D eigenvalue weighted by Crippen LogP contribution is 2.40. The number of aromatic nitrogens is 5. The summed E-state index contributed by atoms with van der Waals surface area (Å²) in [7, 11) is -1.21. The van der Waals surface area contributed by atoms with Crippen molar-refractivity contribution in [2.75, 3.05) is 6.61 Å². The molecule has 4 atom stereocenters. The van der Waals surface area contributed by atoms with Crippen molar-refractivity contribution in [3.8, 4) is 0 Å². The van der Waals surface area contributed by atoms with Gasteiger partial charge in [0.05, 0.1) is 36.2 Å². The number of ketones is 1. The monoisotopic (exact) mass is 825 g/mol. The molecule has 0 N–H and O–H groups in total. The van der Waals surface area contributed by atoms with E-state index in [9.17, 15) is 4.79 Å². The Balaban J connectivity index is 1.17. The molecule has 8 rings (SSSR count). The van der Waals surface area contributed by atoms with Crippen LogP contribution in [0.1, 0.15) is 46.5 Å². The number of ether oxygens (including phenoxy) is 3. The third-order valence-corrected chi connectivity index (χ3v) is 13.1. The summed E-state index contributed by atoms with van der Waals surface area (Å²) < 4.78 is 21.8. The summed E-state index contributed by atoms with van der Waals surface area (Å²) in [5.41, 5.74) is 5.50. The van der Waals surface area contributed by atoms with Crippen molar-refractivity contribution in [2.24, 2.45) is 0 Å². The normalized spacial score (nSPS) is 20.4. The highest BCUT2D eigenvalue weighted by atomic mass is 28.3. The van der Waals surface area contributed by atoms with E-state index in [1.807, 2.05) is 89.1 Å². The summed E-state index contributed by atoms with van der Waals surface area (Å²) >= 11 is 0. The quantitative estimate of drug-likeness (QED) is 0.0548. The van der Waals surface area contributed by atoms with E-state index in [4.69, 9.17) is 14.2 Å². The maximum Gasteiger partial charge on any atom is 0.321 e. The lowest BCUT2D eigenvalue weighted by Gasteiger charge is -2.37. The van der Waals surface area contributed by atoms with Crippen LogP contribution < -0.4 is 0 Å². The zero-order valence-corrected chi connectivity index (χ0v) is 36.2. The fourth-order valence-electron chi connectivity index (χ4n) is 8.40. The number of rotatable bonds is 16. The summed E-state index contributed by atoms with van der Waals surface area (Å²) in [6.45, 7) is 12.7. The summed E-state index contributed by atoms with van der Waals surface area (Å²) in [5.74, 6) is -1.01. The van der Waals surface area contributed by atoms with Gasteiger partial charge in [-0.1, -0.05) is 105 Å². The van der Waals surface area contributed by atoms with E-state index in [0.29, 0.717) is 38.3 Å². The Bertz CT molecular complexity index is 2380. The van der Waals surface area contributed by atoms with Crippen LogP contribution in [0.3, 0.4) is 0 Å². The average Bonchev–Trinajstić information content (AvgIpc) is 3.97. The fourth-order valence-corrected chi connectivity index (χ4v) is 9.15. The van der Waals surface area contributed by atoms with E-state index in [1.54, 1.807) is 18.5 Å². The minimum atomic E-state index is -1.21. The molecule has 4 aromatic carbocycles. The minimum Gasteiger partial charge on any atom is -0.360 e. The van der Waals surface area contributed by atoms with Crippen LogP contribution in [0.4, 0.5) is 4.79 Å². The van der Waals surface area contributed by atoms with Crippen molar-refractivity contribution in [1.29, 1.82) is 0 Å². The van der Waals surface area contributed by atoms with E-state index in [-0.39, 0.29) is 30.9 Å². The molecule has 0 radical (unpaired) electrons. The maximum atomic E-state index is 15.7. The first-order valence-electron chi connectivity index (χ1n) is 20.9. The number of nitrogens with zero attached hydrogens (tertiary/aromatic N) is 7. The lowest BCUT2D eigenvalue weighted by molar-refractivity contribution is -0.157. The molecule has 2 fully saturated rings. The van der Waals surface area contributed by atoms with Gasteiger partial charge in [-0.25, -0.2) is 9.48 Å². The van der Waals surface area contributed by atoms with E-state index in [2.05, 4.69) is 77.4 Å². The number of fused-ring (bicyclic) bond motifs is 2. The van der Waals surface area contributed by atoms with Crippen LogP contribution in [0.25, 0.3) is 10.9 Å². The lowest BCUT2D eigenvalue weighted by Crippen LogP contribution is -2.51. The zero-order valence-electron chi connectivity index (χ0n) is 35.2. The second kappa shape index (κ2) is 17.6. The Kier molecular flexibility index (Phi) is 12.1. The first kappa shape index (κ1) is 41.3. The maximum absolute atomic E-state index is 15.7. The SMILES string of the molecule is CC1(C)O[C@@H]2[C@@H](O1)[C@@H](Cc1ccccc1)N(Cc1ccc3c(cnn3COCC[Si](C)(C)C)c1)C(=O)N(Cc1cccc(C(=O)Cn3nccn3)c1)[C@@H]2Cc1ccccc1. The molecular weight excluding hydrogens is 771 g/mol. The van der Waals surface area contributed by atoms with Gasteiger partial charge in [-0.05, 0) is 73.2 Å². The molecule has 2 saturated heterocycles. The summed E-state index contributed by atoms with van der Waals surface area (Å²) in [5, 5.41) is 13.9. The van der Waals surface area contributed by atoms with Crippen LogP contribution >= 0.6 is 0 Å². The summed E-state index contributed by atoms with van der Waals surface area (Å²) in [6, 6.07) is 34.5. The molecule has 2 amide bonds. The van der Waals surface area contributed by atoms with Crippen LogP contribution in [0, 0.1) is 0 Å². The highest BCUT2D eigenvalue weighted by Gasteiger charge is 2.55. The molecule has 12 nitrogen and oxygen atoms in total. The smallest absolute Gasteiger partial charge is 0.321 e. The fraction of sp³-hybridized carbons (Fsp3) is 0.383. The van der Waals surface area contributed by atoms with Crippen LogP contribution in [-0.2, 0) is 53.4 Å². The van der Waals surface area contributed by atoms with Crippen molar-refractivity contribution in [2.45, 2.75) is 109 Å². The van der Waals surface area contributed by atoms with Crippen LogP contribution in [0.2, 0.25) is 25.7 Å². The first-order valence-corrected chi connectivity index (χ1v) is 24.6. The number of benzene rings is 4. The molecule has 2 aliphatic rings. The van der Waals surface area contributed by atoms with E-state index >= 15 is 4.79 Å². The second-order valence-electron chi connectivity index (χ2n) is 17.7. The lowest BCUT2D eigenvalue weighted by atomic mass is 9.90. The largest absolute Gasteiger partial charge is 0.360 e. The molecule has 0 spiro atoms. The molecular formula is C47H55N7O5Si. The van der Waals surface area contributed by atoms with Crippen LogP contribution in [0.15, 0.2) is 122 Å². The van der Waals surface area contributed by atoms with Gasteiger partial charge < -0.3 is 24.0 Å². The standard InChI is InChI=1S/C47H55N7O5Si/c1-47(2)58-44-41(27-34-13-8-6-9-14-34)51(30-36-17-12-18-38(25-36)43(55)32-54-48-21-22-49-54)46(56)52(42(45(44)59-47)28-35-15-10-7-11-16-35)31-37-19-20-40-39(26-37)29-50-53(40)33-57-23-24-60(3,4)5/h6-22,25-26,29,41-42,44-45H,23-24,27-28,30-33H2,1-5H3/t41-,42-,44+,45+/m1/s1. The molecule has 312 valence electrons. The van der Waals surface area contributed by atoms with Gasteiger partial charge in [0.25, 0.3) is 0 Å². The van der Waals surface area contributed by atoms with Gasteiger partial charge in [0.1, 0.15) is 25.5 Å². The van der Waals surface area contributed by atoms with Crippen LogP contribution in [0.5, 0.6) is 0 Å². The van der Waals surface area contributed by atoms with Crippen LogP contribution in [-0.4, -0.2) is 91.1 Å². The van der Waals surface area contributed by atoms with Gasteiger partial charge in [-0.3, -0.25) is 4.79 Å². The molecule has 6 aromatic rings. The number of Topliss-reactive ketones (excluding diaryl/α,β-unsaturated/α-hetero) is 1. The van der Waals surface area contributed by atoms with Crippen molar-refractivity contribution in [3.05, 3.63) is 150 Å². The summed E-state index contributed by atoms with van der Waals surface area (Å²) in [4.78, 5) is 34.4. The van der Waals surface area contributed by atoms with E-state index in [0.717, 1.165) is 39.2 Å². The van der Waals surface area contributed by atoms with E-state index < -0.39 is 32.1 Å². The number of urea groups is 1. The topological polar surface area (TPSA) is 117 Å². The third kappa shape index (κ3) is 9.76. The first-order chi connectivity index (χ1) is 28.9. The van der Waals surface area contributed by atoms with Gasteiger partial charge >= 0.3 is 6.03 Å². The Morgan fingerprint density at radius 1 is 0.733 bits per heavy atom. The molecule has 13 heteroatoms. The molecule has 2 aromatic heterocycles. The van der Waals surface area contributed by atoms with Crippen molar-refractivity contribution >= 4 is 30.8 Å². The molecule has 0 aliphatic carbocycles. The van der Waals surface area contributed by atoms with Crippen molar-refractivity contribution < 1.29 is 23.8 Å². The second-order valence-corrected chi connectivity index (χ2v) is 23.3. The Hall–Kier alpha value is -5.47. The zero-order chi connectivity index (χ0) is 41.9. The van der Waals surface area contributed by atoms with Gasteiger partial charge in [0.2, 0.25) is 0 Å². The minimum absolute atomic E-state index is 0.0174. The molecule has 0 unspecified atom stereocenters. The predicted octanol–water partition coefficient (Wildman–Crippen LogP) is 8.00. The van der Waals surface area contributed by atoms with Gasteiger partial charge in [-0.15, -0.1) is 0 Å². The number of carbonyl (C=O) groups is 2. The highest BCUT2D eigenvalue weighted by molar-refractivity contribution is 6.76. The molecule has 4 heterocycles. The summed E-state index contributed by atoms with van der Waals surface area (Å²) in [6.07, 6.45) is 5.19. The predicted molar refractivity (Wildman–Crippen MR) is 233 cm³/mol. The van der Waals surface area contributed by atoms with Gasteiger partial charge in [-0.2, -0.15) is 20.1 Å². The van der Waals surface area contributed by atoms with Gasteiger partial charge in [0.15, 0.2) is 11.6 Å². The Morgan fingerprint density at radius 3 is 1.92 bits per heavy atom. The number of hydrogen-bond acceptors (Lipinski definition) is 8. The van der Waals surface area contributed by atoms with Gasteiger partial charge in [0, 0.05) is 38.7 Å². The van der Waals surface area contributed by atoms with Crippen molar-refractivity contribution in [3.63, 3.8) is 0 Å². The Labute approximate surface area is 353 Å². The Morgan fingerprint density at radius 2 is 1.32 bits per heavy atom. The van der Waals surface area contributed by atoms with Crippen molar-refractivity contribution in [1.82, 2.24) is 34.6 Å².